The largest absolute Gasteiger partial charge is 0.311 e. The lowest BCUT2D eigenvalue weighted by Gasteiger charge is -2.40. The topological polar surface area (TPSA) is 15.3 Å². The van der Waals surface area contributed by atoms with Crippen molar-refractivity contribution in [3.8, 4) is 0 Å². The molecule has 1 saturated heterocycles. The van der Waals surface area contributed by atoms with Gasteiger partial charge in [0.05, 0.1) is 0 Å². The van der Waals surface area contributed by atoms with Crippen molar-refractivity contribution in [2.45, 2.75) is 59.0 Å². The molecule has 94 valence electrons. The van der Waals surface area contributed by atoms with Gasteiger partial charge in [-0.25, -0.2) is 0 Å². The zero-order chi connectivity index (χ0) is 12.0. The maximum Gasteiger partial charge on any atom is 0.0224 e. The highest BCUT2D eigenvalue weighted by atomic mass is 15.2. The normalized spacial score (nSPS) is 26.8. The van der Waals surface area contributed by atoms with Crippen LogP contribution in [0.4, 0.5) is 0 Å². The minimum atomic E-state index is 0.693. The molecule has 0 aromatic heterocycles. The number of nitrogens with zero attached hydrogens (tertiary/aromatic N) is 1. The molecule has 1 fully saturated rings. The van der Waals surface area contributed by atoms with Crippen molar-refractivity contribution >= 4 is 0 Å². The molecule has 0 bridgehead atoms. The molecule has 1 rings (SSSR count). The van der Waals surface area contributed by atoms with Crippen LogP contribution >= 0.6 is 0 Å². The Morgan fingerprint density at radius 2 is 2.12 bits per heavy atom. The number of allylic oxidation sites excluding steroid dienone is 1. The lowest BCUT2D eigenvalue weighted by molar-refractivity contribution is 0.135. The van der Waals surface area contributed by atoms with Crippen molar-refractivity contribution in [1.82, 2.24) is 10.2 Å². The Kier molecular flexibility index (Phi) is 6.07. The molecule has 0 aromatic rings. The van der Waals surface area contributed by atoms with E-state index in [0.717, 1.165) is 12.6 Å². The van der Waals surface area contributed by atoms with Crippen LogP contribution in [0, 0.1) is 0 Å². The third-order valence-corrected chi connectivity index (χ3v) is 3.46. The quantitative estimate of drug-likeness (QED) is 0.722. The third kappa shape index (κ3) is 4.26. The van der Waals surface area contributed by atoms with Gasteiger partial charge >= 0.3 is 0 Å². The predicted octanol–water partition coefficient (Wildman–Crippen LogP) is 2.81. The van der Waals surface area contributed by atoms with Crippen molar-refractivity contribution in [1.29, 1.82) is 0 Å². The molecule has 2 unspecified atom stereocenters. The van der Waals surface area contributed by atoms with Crippen LogP contribution in [0.5, 0.6) is 0 Å². The summed E-state index contributed by atoms with van der Waals surface area (Å²) in [5.41, 5.74) is 1.43. The maximum atomic E-state index is 3.66. The highest BCUT2D eigenvalue weighted by Crippen LogP contribution is 2.14. The second-order valence-electron chi connectivity index (χ2n) is 5.19. The lowest BCUT2D eigenvalue weighted by Crippen LogP contribution is -2.56. The second-order valence-corrected chi connectivity index (χ2v) is 5.19. The van der Waals surface area contributed by atoms with Gasteiger partial charge in [0.1, 0.15) is 0 Å². The molecule has 1 aliphatic rings. The van der Waals surface area contributed by atoms with Crippen LogP contribution in [-0.4, -0.2) is 36.6 Å². The number of rotatable bonds is 5. The molecule has 2 heteroatoms. The Bertz CT molecular complexity index is 219. The Morgan fingerprint density at radius 1 is 1.38 bits per heavy atom. The van der Waals surface area contributed by atoms with E-state index >= 15 is 0 Å². The van der Waals surface area contributed by atoms with E-state index in [1.807, 2.05) is 0 Å². The second kappa shape index (κ2) is 7.08. The molecule has 1 heterocycles. The van der Waals surface area contributed by atoms with E-state index in [1.165, 1.54) is 37.9 Å². The summed E-state index contributed by atoms with van der Waals surface area (Å²) in [6, 6.07) is 1.43. The summed E-state index contributed by atoms with van der Waals surface area (Å²) < 4.78 is 0. The molecule has 0 aromatic carbocycles. The fourth-order valence-corrected chi connectivity index (χ4v) is 2.34. The zero-order valence-corrected chi connectivity index (χ0v) is 11.4. The minimum Gasteiger partial charge on any atom is -0.311 e. The summed E-state index contributed by atoms with van der Waals surface area (Å²) in [5.74, 6) is 0. The van der Waals surface area contributed by atoms with Gasteiger partial charge in [0.2, 0.25) is 0 Å². The van der Waals surface area contributed by atoms with Gasteiger partial charge < -0.3 is 5.32 Å². The van der Waals surface area contributed by atoms with Crippen molar-refractivity contribution in [3.63, 3.8) is 0 Å². The molecule has 2 nitrogen and oxygen atoms in total. The number of hydrogen-bond acceptors (Lipinski definition) is 2. The van der Waals surface area contributed by atoms with Crippen LogP contribution in [0.25, 0.3) is 0 Å². The number of nitrogens with one attached hydrogen (secondary N) is 1. The Balaban J connectivity index is 2.53. The molecule has 16 heavy (non-hydrogen) atoms. The Hall–Kier alpha value is -0.340. The average Bonchev–Trinajstić information content (AvgIpc) is 2.28. The smallest absolute Gasteiger partial charge is 0.0224 e. The number of piperazine rings is 1. The summed E-state index contributed by atoms with van der Waals surface area (Å²) in [5, 5.41) is 3.66. The monoisotopic (exact) mass is 224 g/mol. The van der Waals surface area contributed by atoms with Gasteiger partial charge in [0.25, 0.3) is 0 Å². The minimum absolute atomic E-state index is 0.693. The molecule has 2 atom stereocenters. The molecular formula is C14H28N2. The number of hydrogen-bond donors (Lipinski definition) is 1. The molecule has 1 aliphatic heterocycles. The van der Waals surface area contributed by atoms with E-state index in [4.69, 9.17) is 0 Å². The van der Waals surface area contributed by atoms with Gasteiger partial charge in [0, 0.05) is 31.7 Å². The molecule has 0 aliphatic carbocycles. The highest BCUT2D eigenvalue weighted by Gasteiger charge is 2.25. The summed E-state index contributed by atoms with van der Waals surface area (Å²) in [4.78, 5) is 2.65. The maximum absolute atomic E-state index is 3.66. The third-order valence-electron chi connectivity index (χ3n) is 3.46. The summed E-state index contributed by atoms with van der Waals surface area (Å²) in [7, 11) is 0. The van der Waals surface area contributed by atoms with Gasteiger partial charge in [-0.3, -0.25) is 4.90 Å². The van der Waals surface area contributed by atoms with Crippen molar-refractivity contribution < 1.29 is 0 Å². The van der Waals surface area contributed by atoms with Crippen molar-refractivity contribution in [2.75, 3.05) is 19.6 Å². The first-order valence-electron chi connectivity index (χ1n) is 6.78. The SMILES string of the molecule is CCCC1CNC(CC)CN1CC=C(C)C. The Labute approximate surface area is 101 Å². The summed E-state index contributed by atoms with van der Waals surface area (Å²) in [6.07, 6.45) is 6.21. The van der Waals surface area contributed by atoms with Crippen LogP contribution < -0.4 is 5.32 Å². The molecule has 1 N–H and O–H groups in total. The summed E-state index contributed by atoms with van der Waals surface area (Å²) >= 11 is 0. The zero-order valence-electron chi connectivity index (χ0n) is 11.4. The van der Waals surface area contributed by atoms with E-state index in [1.54, 1.807) is 0 Å². The van der Waals surface area contributed by atoms with Crippen molar-refractivity contribution in [3.05, 3.63) is 11.6 Å². The standard InChI is InChI=1S/C14H28N2/c1-5-7-14-10-15-13(6-2)11-16(14)9-8-12(3)4/h8,13-15H,5-7,9-11H2,1-4H3. The fourth-order valence-electron chi connectivity index (χ4n) is 2.34. The molecule has 0 saturated carbocycles. The summed E-state index contributed by atoms with van der Waals surface area (Å²) in [6.45, 7) is 12.4. The first kappa shape index (κ1) is 13.7. The van der Waals surface area contributed by atoms with Crippen LogP contribution in [-0.2, 0) is 0 Å². The molecular weight excluding hydrogens is 196 g/mol. The molecule has 0 amide bonds. The molecule has 0 spiro atoms. The van der Waals surface area contributed by atoms with E-state index < -0.39 is 0 Å². The van der Waals surface area contributed by atoms with E-state index in [0.29, 0.717) is 6.04 Å². The van der Waals surface area contributed by atoms with Gasteiger partial charge in [0.15, 0.2) is 0 Å². The van der Waals surface area contributed by atoms with Gasteiger partial charge in [-0.1, -0.05) is 31.9 Å². The van der Waals surface area contributed by atoms with E-state index in [-0.39, 0.29) is 0 Å². The molecule has 0 radical (unpaired) electrons. The van der Waals surface area contributed by atoms with E-state index in [2.05, 4.69) is 44.0 Å². The van der Waals surface area contributed by atoms with E-state index in [9.17, 15) is 0 Å². The average molecular weight is 224 g/mol. The predicted molar refractivity (Wildman–Crippen MR) is 71.8 cm³/mol. The van der Waals surface area contributed by atoms with Gasteiger partial charge in [-0.05, 0) is 26.7 Å². The van der Waals surface area contributed by atoms with Crippen LogP contribution in [0.1, 0.15) is 47.0 Å². The first-order valence-corrected chi connectivity index (χ1v) is 6.78. The lowest BCUT2D eigenvalue weighted by atomic mass is 10.0. The Morgan fingerprint density at radius 3 is 2.69 bits per heavy atom. The van der Waals surface area contributed by atoms with Crippen LogP contribution in [0.2, 0.25) is 0 Å². The highest BCUT2D eigenvalue weighted by molar-refractivity contribution is 4.97. The van der Waals surface area contributed by atoms with Gasteiger partial charge in [-0.2, -0.15) is 0 Å². The van der Waals surface area contributed by atoms with Crippen LogP contribution in [0.15, 0.2) is 11.6 Å². The van der Waals surface area contributed by atoms with Crippen molar-refractivity contribution in [2.24, 2.45) is 0 Å². The first-order chi connectivity index (χ1) is 7.67. The fraction of sp³-hybridized carbons (Fsp3) is 0.857. The van der Waals surface area contributed by atoms with Gasteiger partial charge in [-0.15, -0.1) is 0 Å². The van der Waals surface area contributed by atoms with Crippen LogP contribution in [0.3, 0.4) is 0 Å².